The number of rotatable bonds is 4. The summed E-state index contributed by atoms with van der Waals surface area (Å²) in [7, 11) is 0. The van der Waals surface area contributed by atoms with Crippen LogP contribution in [0.5, 0.6) is 0 Å². The number of nitrogens with two attached hydrogens (primary N) is 1. The first-order chi connectivity index (χ1) is 12.8. The molecule has 0 amide bonds. The van der Waals surface area contributed by atoms with E-state index in [0.717, 1.165) is 44.4 Å². The third-order valence-corrected chi connectivity index (χ3v) is 5.67. The van der Waals surface area contributed by atoms with Crippen LogP contribution < -0.4 is 15.5 Å². The van der Waals surface area contributed by atoms with Gasteiger partial charge in [0.1, 0.15) is 0 Å². The number of piperazine rings is 1. The van der Waals surface area contributed by atoms with Gasteiger partial charge in [-0.05, 0) is 17.7 Å². The molecule has 2 aromatic rings. The van der Waals surface area contributed by atoms with Crippen molar-refractivity contribution in [1.29, 1.82) is 0 Å². The summed E-state index contributed by atoms with van der Waals surface area (Å²) >= 11 is 1.68. The van der Waals surface area contributed by atoms with E-state index in [-0.39, 0.29) is 0 Å². The second-order valence-corrected chi connectivity index (χ2v) is 7.38. The summed E-state index contributed by atoms with van der Waals surface area (Å²) in [5.41, 5.74) is 8.66. The molecule has 6 nitrogen and oxygen atoms in total. The Morgan fingerprint density at radius 3 is 2.42 bits per heavy atom. The van der Waals surface area contributed by atoms with Crippen LogP contribution in [-0.4, -0.2) is 55.1 Å². The fourth-order valence-corrected chi connectivity index (χ4v) is 3.97. The normalized spacial score (nSPS) is 18.0. The zero-order valence-corrected chi connectivity index (χ0v) is 15.6. The van der Waals surface area contributed by atoms with Crippen LogP contribution in [0, 0.1) is 0 Å². The lowest BCUT2D eigenvalue weighted by Crippen LogP contribution is -2.51. The highest BCUT2D eigenvalue weighted by atomic mass is 32.1. The van der Waals surface area contributed by atoms with Gasteiger partial charge in [-0.3, -0.25) is 0 Å². The minimum absolute atomic E-state index is 0.622. The number of hydrogen-bond acceptors (Lipinski definition) is 5. The molecular formula is C19H24N6S. The Morgan fingerprint density at radius 2 is 1.77 bits per heavy atom. The second kappa shape index (κ2) is 7.78. The molecule has 7 heteroatoms. The van der Waals surface area contributed by atoms with Crippen molar-refractivity contribution in [3.63, 3.8) is 0 Å². The molecule has 2 N–H and O–H groups in total. The number of hydrogen-bond donors (Lipinski definition) is 1. The summed E-state index contributed by atoms with van der Waals surface area (Å²) < 4.78 is 0. The Morgan fingerprint density at radius 1 is 1.04 bits per heavy atom. The van der Waals surface area contributed by atoms with Crippen LogP contribution in [-0.2, 0) is 6.54 Å². The van der Waals surface area contributed by atoms with Crippen LogP contribution in [0.1, 0.15) is 5.56 Å². The number of guanidine groups is 1. The quantitative estimate of drug-likeness (QED) is 0.509. The predicted octanol–water partition coefficient (Wildman–Crippen LogP) is 2.16. The van der Waals surface area contributed by atoms with E-state index in [1.807, 2.05) is 11.6 Å². The van der Waals surface area contributed by atoms with Crippen LogP contribution in [0.3, 0.4) is 0 Å². The van der Waals surface area contributed by atoms with Gasteiger partial charge in [0.05, 0.1) is 6.54 Å². The molecule has 0 saturated carbocycles. The summed E-state index contributed by atoms with van der Waals surface area (Å²) in [6.07, 6.45) is 6.26. The maximum absolute atomic E-state index is 6.22. The fraction of sp³-hybridized carbons (Fsp3) is 0.368. The Balaban J connectivity index is 1.29. The lowest BCUT2D eigenvalue weighted by Gasteiger charge is -2.35. The summed E-state index contributed by atoms with van der Waals surface area (Å²) in [4.78, 5) is 15.8. The van der Waals surface area contributed by atoms with Gasteiger partial charge in [0, 0.05) is 56.5 Å². The molecule has 3 heterocycles. The van der Waals surface area contributed by atoms with Crippen molar-refractivity contribution in [2.24, 2.45) is 10.7 Å². The fourth-order valence-electron chi connectivity index (χ4n) is 3.27. The van der Waals surface area contributed by atoms with Crippen LogP contribution in [0.15, 0.2) is 53.0 Å². The van der Waals surface area contributed by atoms with Gasteiger partial charge in [-0.2, -0.15) is 0 Å². The number of anilines is 2. The highest BCUT2D eigenvalue weighted by Crippen LogP contribution is 2.19. The van der Waals surface area contributed by atoms with Crippen molar-refractivity contribution in [2.75, 3.05) is 49.1 Å². The molecule has 2 aliphatic heterocycles. The van der Waals surface area contributed by atoms with E-state index < -0.39 is 0 Å². The van der Waals surface area contributed by atoms with Gasteiger partial charge in [-0.1, -0.05) is 24.3 Å². The van der Waals surface area contributed by atoms with Gasteiger partial charge in [0.2, 0.25) is 0 Å². The van der Waals surface area contributed by atoms with Crippen molar-refractivity contribution < 1.29 is 0 Å². The standard InChI is InChI=1S/C19H24N6S/c20-18(24-10-12-25(13-11-24)19-21-7-14-26-19)22-15-16-3-5-17(6-4-16)23-8-1-2-9-23/h1-7,14H,8-13,15H2,(H2,20,22). The van der Waals surface area contributed by atoms with Crippen LogP contribution in [0.4, 0.5) is 10.8 Å². The first-order valence-corrected chi connectivity index (χ1v) is 9.86. The van der Waals surface area contributed by atoms with E-state index in [9.17, 15) is 0 Å². The van der Waals surface area contributed by atoms with Gasteiger partial charge >= 0.3 is 0 Å². The molecule has 0 bridgehead atoms. The first kappa shape index (κ1) is 16.9. The smallest absolute Gasteiger partial charge is 0.191 e. The Hall–Kier alpha value is -2.54. The SMILES string of the molecule is NC(=NCc1ccc(N2CC=CC2)cc1)N1CCN(c2nccs2)CC1. The molecule has 1 saturated heterocycles. The number of aromatic nitrogens is 1. The largest absolute Gasteiger partial charge is 0.370 e. The summed E-state index contributed by atoms with van der Waals surface area (Å²) in [6.45, 7) is 6.25. The summed E-state index contributed by atoms with van der Waals surface area (Å²) in [5, 5.41) is 3.11. The number of nitrogens with zero attached hydrogens (tertiary/aromatic N) is 5. The zero-order valence-electron chi connectivity index (χ0n) is 14.8. The maximum atomic E-state index is 6.22. The van der Waals surface area contributed by atoms with Gasteiger partial charge in [-0.25, -0.2) is 9.98 Å². The molecule has 1 aromatic heterocycles. The molecule has 0 aliphatic carbocycles. The monoisotopic (exact) mass is 368 g/mol. The molecule has 1 fully saturated rings. The van der Waals surface area contributed by atoms with Crippen molar-refractivity contribution >= 4 is 28.1 Å². The van der Waals surface area contributed by atoms with Crippen molar-refractivity contribution in [3.05, 3.63) is 53.6 Å². The van der Waals surface area contributed by atoms with Gasteiger partial charge in [-0.15, -0.1) is 11.3 Å². The minimum Gasteiger partial charge on any atom is -0.370 e. The van der Waals surface area contributed by atoms with Crippen LogP contribution in [0.25, 0.3) is 0 Å². The number of aliphatic imine (C=N–C) groups is 1. The second-order valence-electron chi connectivity index (χ2n) is 6.51. The van der Waals surface area contributed by atoms with Crippen LogP contribution >= 0.6 is 11.3 Å². The highest BCUT2D eigenvalue weighted by Gasteiger charge is 2.19. The topological polar surface area (TPSA) is 61.0 Å². The Labute approximate surface area is 158 Å². The van der Waals surface area contributed by atoms with Gasteiger partial charge in [0.15, 0.2) is 11.1 Å². The minimum atomic E-state index is 0.622. The molecule has 0 spiro atoms. The van der Waals surface area contributed by atoms with E-state index >= 15 is 0 Å². The summed E-state index contributed by atoms with van der Waals surface area (Å²) in [5.74, 6) is 0.636. The third kappa shape index (κ3) is 3.83. The molecule has 0 unspecified atom stereocenters. The zero-order chi connectivity index (χ0) is 17.8. The van der Waals surface area contributed by atoms with Gasteiger partial charge < -0.3 is 20.4 Å². The molecule has 4 rings (SSSR count). The molecule has 0 radical (unpaired) electrons. The number of benzene rings is 1. The lowest BCUT2D eigenvalue weighted by atomic mass is 10.2. The molecule has 26 heavy (non-hydrogen) atoms. The Kier molecular flexibility index (Phi) is 5.06. The molecule has 136 valence electrons. The van der Waals surface area contributed by atoms with E-state index in [1.165, 1.54) is 11.3 Å². The average molecular weight is 369 g/mol. The molecule has 1 aromatic carbocycles. The average Bonchev–Trinajstić information content (AvgIpc) is 3.40. The van der Waals surface area contributed by atoms with Crippen molar-refractivity contribution in [2.45, 2.75) is 6.54 Å². The highest BCUT2D eigenvalue weighted by molar-refractivity contribution is 7.13. The molecule has 2 aliphatic rings. The molecular weight excluding hydrogens is 344 g/mol. The van der Waals surface area contributed by atoms with Crippen molar-refractivity contribution in [3.8, 4) is 0 Å². The predicted molar refractivity (Wildman–Crippen MR) is 109 cm³/mol. The van der Waals surface area contributed by atoms with E-state index in [1.54, 1.807) is 11.3 Å². The first-order valence-electron chi connectivity index (χ1n) is 8.98. The van der Waals surface area contributed by atoms with E-state index in [0.29, 0.717) is 12.5 Å². The van der Waals surface area contributed by atoms with E-state index in [2.05, 4.69) is 61.1 Å². The van der Waals surface area contributed by atoms with Crippen LogP contribution in [0.2, 0.25) is 0 Å². The van der Waals surface area contributed by atoms with Crippen molar-refractivity contribution in [1.82, 2.24) is 9.88 Å². The maximum Gasteiger partial charge on any atom is 0.191 e. The molecule has 0 atom stereocenters. The van der Waals surface area contributed by atoms with E-state index in [4.69, 9.17) is 5.73 Å². The lowest BCUT2D eigenvalue weighted by molar-refractivity contribution is 0.380. The number of thiazole rings is 1. The Bertz CT molecular complexity index is 752. The van der Waals surface area contributed by atoms with Gasteiger partial charge in [0.25, 0.3) is 0 Å². The summed E-state index contributed by atoms with van der Waals surface area (Å²) in [6, 6.07) is 8.62. The third-order valence-electron chi connectivity index (χ3n) is 4.84.